The van der Waals surface area contributed by atoms with Crippen LogP contribution in [-0.4, -0.2) is 19.9 Å². The van der Waals surface area contributed by atoms with Gasteiger partial charge >= 0.3 is 0 Å². The second-order valence-corrected chi connectivity index (χ2v) is 10.1. The minimum absolute atomic E-state index is 0.205. The van der Waals surface area contributed by atoms with Crippen molar-refractivity contribution in [1.82, 2.24) is 4.98 Å². The zero-order valence-corrected chi connectivity index (χ0v) is 15.7. The maximum atomic E-state index is 13.1. The number of thiophene rings is 1. The molecule has 124 valence electrons. The summed E-state index contributed by atoms with van der Waals surface area (Å²) in [4.78, 5) is 5.33. The zero-order chi connectivity index (χ0) is 16.9. The molecule has 0 spiro atoms. The molecule has 0 fully saturated rings. The van der Waals surface area contributed by atoms with E-state index >= 15 is 0 Å². The summed E-state index contributed by atoms with van der Waals surface area (Å²) in [7, 11) is -3.54. The van der Waals surface area contributed by atoms with E-state index in [1.165, 1.54) is 15.6 Å². The number of aryl methyl sites for hydroxylation is 1. The van der Waals surface area contributed by atoms with Gasteiger partial charge in [0.25, 0.3) is 10.0 Å². The first kappa shape index (κ1) is 15.8. The van der Waals surface area contributed by atoms with Crippen LogP contribution >= 0.6 is 22.7 Å². The number of rotatable bonds is 3. The van der Waals surface area contributed by atoms with Gasteiger partial charge in [0.1, 0.15) is 4.21 Å². The van der Waals surface area contributed by atoms with Crippen LogP contribution in [0.1, 0.15) is 23.4 Å². The Bertz CT molecular complexity index is 1000. The molecular formula is C17H16N2O2S3. The lowest BCUT2D eigenvalue weighted by atomic mass is 10.0. The van der Waals surface area contributed by atoms with Crippen LogP contribution in [0.4, 0.5) is 5.69 Å². The first-order valence-electron chi connectivity index (χ1n) is 7.61. The number of anilines is 1. The van der Waals surface area contributed by atoms with E-state index < -0.39 is 10.0 Å². The second-order valence-electron chi connectivity index (χ2n) is 5.87. The van der Waals surface area contributed by atoms with E-state index in [2.05, 4.69) is 11.9 Å². The number of sulfonamides is 1. The number of hydrogen-bond donors (Lipinski definition) is 0. The second kappa shape index (κ2) is 5.68. The Kier molecular flexibility index (Phi) is 3.74. The van der Waals surface area contributed by atoms with Gasteiger partial charge in [-0.3, -0.25) is 4.31 Å². The molecule has 0 aliphatic carbocycles. The Morgan fingerprint density at radius 1 is 1.21 bits per heavy atom. The minimum atomic E-state index is -3.54. The summed E-state index contributed by atoms with van der Waals surface area (Å²) in [5, 5.41) is 2.94. The summed E-state index contributed by atoms with van der Waals surface area (Å²) < 4.78 is 28.1. The average Bonchev–Trinajstić information content (AvgIpc) is 3.26. The number of nitrogens with zero attached hydrogens (tertiary/aromatic N) is 2. The van der Waals surface area contributed by atoms with Gasteiger partial charge in [-0.05, 0) is 30.7 Å². The average molecular weight is 377 g/mol. The van der Waals surface area contributed by atoms with Crippen molar-refractivity contribution in [1.29, 1.82) is 0 Å². The first-order valence-corrected chi connectivity index (χ1v) is 10.7. The van der Waals surface area contributed by atoms with Gasteiger partial charge < -0.3 is 0 Å². The monoisotopic (exact) mass is 376 g/mol. The van der Waals surface area contributed by atoms with Crippen LogP contribution in [0, 0.1) is 6.92 Å². The number of para-hydroxylation sites is 1. The number of fused-ring (bicyclic) bond motifs is 1. The van der Waals surface area contributed by atoms with E-state index in [-0.39, 0.29) is 5.92 Å². The Balaban J connectivity index is 1.73. The fourth-order valence-corrected chi connectivity index (χ4v) is 6.63. The highest BCUT2D eigenvalue weighted by Crippen LogP contribution is 2.41. The van der Waals surface area contributed by atoms with Gasteiger partial charge in [0.05, 0.1) is 21.3 Å². The van der Waals surface area contributed by atoms with Gasteiger partial charge in [0.15, 0.2) is 0 Å². The topological polar surface area (TPSA) is 50.3 Å². The van der Waals surface area contributed by atoms with Crippen LogP contribution in [0.3, 0.4) is 0 Å². The number of benzene rings is 1. The van der Waals surface area contributed by atoms with E-state index in [4.69, 9.17) is 0 Å². The third kappa shape index (κ3) is 2.47. The standard InChI is InChI=1S/C17H16N2O2S3/c1-11-9-19(15-6-4-3-5-13(11)15)24(20,21)17-8-7-16(23-17)14-10-22-12(2)18-14/h3-8,10-11H,9H2,1-2H3. The Morgan fingerprint density at radius 2 is 2.00 bits per heavy atom. The highest BCUT2D eigenvalue weighted by molar-refractivity contribution is 7.94. The lowest BCUT2D eigenvalue weighted by Crippen LogP contribution is -2.29. The maximum Gasteiger partial charge on any atom is 0.273 e. The minimum Gasteiger partial charge on any atom is -0.265 e. The molecule has 0 radical (unpaired) electrons. The van der Waals surface area contributed by atoms with Gasteiger partial charge in [-0.1, -0.05) is 25.1 Å². The number of aromatic nitrogens is 1. The molecule has 0 N–H and O–H groups in total. The molecule has 2 aromatic heterocycles. The SMILES string of the molecule is Cc1nc(-c2ccc(S(=O)(=O)N3CC(C)c4ccccc43)s2)cs1. The molecule has 3 aromatic rings. The summed E-state index contributed by atoms with van der Waals surface area (Å²) in [6, 6.07) is 11.3. The van der Waals surface area contributed by atoms with Crippen molar-refractivity contribution in [2.45, 2.75) is 24.0 Å². The van der Waals surface area contributed by atoms with Crippen molar-refractivity contribution in [3.05, 3.63) is 52.3 Å². The molecule has 24 heavy (non-hydrogen) atoms. The van der Waals surface area contributed by atoms with E-state index in [1.807, 2.05) is 42.6 Å². The molecule has 1 aliphatic heterocycles. The fourth-order valence-electron chi connectivity index (χ4n) is 2.99. The molecule has 0 saturated heterocycles. The molecular weight excluding hydrogens is 360 g/mol. The van der Waals surface area contributed by atoms with Crippen molar-refractivity contribution in [3.8, 4) is 10.6 Å². The van der Waals surface area contributed by atoms with Crippen LogP contribution < -0.4 is 4.31 Å². The summed E-state index contributed by atoms with van der Waals surface area (Å²) in [5.74, 6) is 0.205. The first-order chi connectivity index (χ1) is 11.5. The Labute approximate surface area is 149 Å². The van der Waals surface area contributed by atoms with Crippen molar-refractivity contribution in [2.75, 3.05) is 10.8 Å². The highest BCUT2D eigenvalue weighted by Gasteiger charge is 2.35. The predicted molar refractivity (Wildman–Crippen MR) is 99.6 cm³/mol. The molecule has 4 nitrogen and oxygen atoms in total. The molecule has 1 atom stereocenters. The van der Waals surface area contributed by atoms with Crippen LogP contribution in [0.5, 0.6) is 0 Å². The summed E-state index contributed by atoms with van der Waals surface area (Å²) in [6.07, 6.45) is 0. The van der Waals surface area contributed by atoms with Crippen molar-refractivity contribution in [2.24, 2.45) is 0 Å². The molecule has 3 heterocycles. The van der Waals surface area contributed by atoms with Gasteiger partial charge in [-0.2, -0.15) is 0 Å². The molecule has 1 unspecified atom stereocenters. The molecule has 1 aliphatic rings. The fraction of sp³-hybridized carbons (Fsp3) is 0.235. The molecule has 0 amide bonds. The largest absolute Gasteiger partial charge is 0.273 e. The Hall–Kier alpha value is -1.70. The smallest absolute Gasteiger partial charge is 0.265 e. The van der Waals surface area contributed by atoms with E-state index in [9.17, 15) is 8.42 Å². The van der Waals surface area contributed by atoms with Crippen LogP contribution in [0.15, 0.2) is 46.0 Å². The highest BCUT2D eigenvalue weighted by atomic mass is 32.2. The van der Waals surface area contributed by atoms with Gasteiger partial charge in [0, 0.05) is 17.8 Å². The third-order valence-electron chi connectivity index (χ3n) is 4.17. The molecule has 4 rings (SSSR count). The van der Waals surface area contributed by atoms with Crippen molar-refractivity contribution in [3.63, 3.8) is 0 Å². The quantitative estimate of drug-likeness (QED) is 0.677. The van der Waals surface area contributed by atoms with E-state index in [0.717, 1.165) is 26.8 Å². The van der Waals surface area contributed by atoms with E-state index in [0.29, 0.717) is 10.8 Å². The lowest BCUT2D eigenvalue weighted by Gasteiger charge is -2.18. The van der Waals surface area contributed by atoms with Gasteiger partial charge in [-0.15, -0.1) is 22.7 Å². The Morgan fingerprint density at radius 3 is 2.75 bits per heavy atom. The van der Waals surface area contributed by atoms with Crippen molar-refractivity contribution >= 4 is 38.4 Å². The zero-order valence-electron chi connectivity index (χ0n) is 13.3. The predicted octanol–water partition coefficient (Wildman–Crippen LogP) is 4.49. The van der Waals surface area contributed by atoms with Gasteiger partial charge in [0.2, 0.25) is 0 Å². The van der Waals surface area contributed by atoms with Crippen LogP contribution in [0.2, 0.25) is 0 Å². The summed E-state index contributed by atoms with van der Waals surface area (Å²) >= 11 is 2.85. The number of thiazole rings is 1. The van der Waals surface area contributed by atoms with Crippen LogP contribution in [-0.2, 0) is 10.0 Å². The molecule has 0 bridgehead atoms. The van der Waals surface area contributed by atoms with Crippen LogP contribution in [0.25, 0.3) is 10.6 Å². The maximum absolute atomic E-state index is 13.1. The van der Waals surface area contributed by atoms with Crippen molar-refractivity contribution < 1.29 is 8.42 Å². The molecule has 7 heteroatoms. The molecule has 1 aromatic carbocycles. The normalized spacial score (nSPS) is 17.2. The third-order valence-corrected chi connectivity index (χ3v) is 8.30. The summed E-state index contributed by atoms with van der Waals surface area (Å²) in [5.41, 5.74) is 2.73. The lowest BCUT2D eigenvalue weighted by molar-refractivity contribution is 0.592. The van der Waals surface area contributed by atoms with E-state index in [1.54, 1.807) is 17.4 Å². The van der Waals surface area contributed by atoms with Gasteiger partial charge in [-0.25, -0.2) is 13.4 Å². The number of hydrogen-bond acceptors (Lipinski definition) is 5. The molecule has 0 saturated carbocycles. The summed E-state index contributed by atoms with van der Waals surface area (Å²) in [6.45, 7) is 4.50.